The molecule has 3 nitrogen and oxygen atoms in total. The molecule has 3 heteroatoms. The molecule has 0 bridgehead atoms. The van der Waals surface area contributed by atoms with Gasteiger partial charge in [0.2, 0.25) is 0 Å². The molecule has 0 unspecified atom stereocenters. The highest BCUT2D eigenvalue weighted by Crippen LogP contribution is 2.10. The zero-order chi connectivity index (χ0) is 9.52. The lowest BCUT2D eigenvalue weighted by Gasteiger charge is -1.97. The smallest absolute Gasteiger partial charge is 0.145 e. The fraction of sp³-hybridized carbons (Fsp3) is 0.400. The minimum atomic E-state index is 0.426. The number of rotatable bonds is 6. The first-order valence-corrected chi connectivity index (χ1v) is 4.24. The maximum atomic E-state index is 5.39. The quantitative estimate of drug-likeness (QED) is 0.633. The van der Waals surface area contributed by atoms with E-state index in [1.165, 1.54) is 6.26 Å². The third-order valence-corrected chi connectivity index (χ3v) is 1.51. The van der Waals surface area contributed by atoms with Crippen LogP contribution in [0.2, 0.25) is 0 Å². The molecule has 0 radical (unpaired) electrons. The molecule has 0 spiro atoms. The van der Waals surface area contributed by atoms with Gasteiger partial charge in [0.15, 0.2) is 0 Å². The van der Waals surface area contributed by atoms with E-state index in [-0.39, 0.29) is 0 Å². The van der Waals surface area contributed by atoms with E-state index >= 15 is 0 Å². The van der Waals surface area contributed by atoms with Crippen molar-refractivity contribution in [1.82, 2.24) is 0 Å². The molecule has 0 amide bonds. The van der Waals surface area contributed by atoms with Crippen molar-refractivity contribution in [3.05, 3.63) is 36.5 Å². The fourth-order valence-electron chi connectivity index (χ4n) is 0.921. The van der Waals surface area contributed by atoms with Crippen molar-refractivity contribution in [3.63, 3.8) is 0 Å². The first kappa shape index (κ1) is 9.86. The van der Waals surface area contributed by atoms with Crippen molar-refractivity contribution < 1.29 is 13.9 Å². The van der Waals surface area contributed by atoms with E-state index in [2.05, 4.69) is 6.58 Å². The van der Waals surface area contributed by atoms with Crippen LogP contribution in [-0.4, -0.2) is 6.61 Å². The van der Waals surface area contributed by atoms with Crippen LogP contribution in [0.1, 0.15) is 18.4 Å². The van der Waals surface area contributed by atoms with Crippen LogP contribution in [0.25, 0.3) is 0 Å². The second kappa shape index (κ2) is 5.43. The lowest BCUT2D eigenvalue weighted by molar-refractivity contribution is 0.114. The monoisotopic (exact) mass is 182 g/mol. The van der Waals surface area contributed by atoms with Gasteiger partial charge in [0.05, 0.1) is 6.26 Å². The number of hydrogen-bond donors (Lipinski definition) is 0. The molecule has 1 heterocycles. The number of ether oxygens (including phenoxy) is 2. The van der Waals surface area contributed by atoms with Gasteiger partial charge in [-0.05, 0) is 19.1 Å². The third-order valence-electron chi connectivity index (χ3n) is 1.51. The largest absolute Gasteiger partial charge is 0.494 e. The van der Waals surface area contributed by atoms with E-state index in [0.29, 0.717) is 19.8 Å². The van der Waals surface area contributed by atoms with Gasteiger partial charge in [-0.2, -0.15) is 0 Å². The van der Waals surface area contributed by atoms with Crippen molar-refractivity contribution in [2.45, 2.75) is 20.1 Å². The van der Waals surface area contributed by atoms with Gasteiger partial charge >= 0.3 is 0 Å². The summed E-state index contributed by atoms with van der Waals surface area (Å²) in [5.41, 5.74) is 0. The average molecular weight is 182 g/mol. The first-order valence-electron chi connectivity index (χ1n) is 4.24. The summed E-state index contributed by atoms with van der Waals surface area (Å²) < 4.78 is 15.5. The lowest BCUT2D eigenvalue weighted by Crippen LogP contribution is -1.89. The molecule has 0 aliphatic rings. The van der Waals surface area contributed by atoms with Crippen LogP contribution in [-0.2, 0) is 22.7 Å². The van der Waals surface area contributed by atoms with Crippen LogP contribution in [0.15, 0.2) is 29.4 Å². The highest BCUT2D eigenvalue weighted by Gasteiger charge is 2.00. The molecule has 0 aliphatic carbocycles. The van der Waals surface area contributed by atoms with E-state index in [4.69, 9.17) is 13.9 Å². The summed E-state index contributed by atoms with van der Waals surface area (Å²) in [7, 11) is 0. The summed E-state index contributed by atoms with van der Waals surface area (Å²) in [6.07, 6.45) is 1.39. The van der Waals surface area contributed by atoms with Gasteiger partial charge in [0.1, 0.15) is 24.7 Å². The molecular weight excluding hydrogens is 168 g/mol. The molecule has 1 rings (SSSR count). The van der Waals surface area contributed by atoms with Gasteiger partial charge in [0, 0.05) is 6.61 Å². The van der Waals surface area contributed by atoms with Crippen LogP contribution >= 0.6 is 0 Å². The SMILES string of the molecule is C=COCc1ccc(COCC)o1. The maximum absolute atomic E-state index is 5.39. The molecule has 0 saturated carbocycles. The zero-order valence-electron chi connectivity index (χ0n) is 7.79. The van der Waals surface area contributed by atoms with E-state index in [1.54, 1.807) is 0 Å². The van der Waals surface area contributed by atoms with Crippen molar-refractivity contribution in [1.29, 1.82) is 0 Å². The van der Waals surface area contributed by atoms with Crippen LogP contribution in [0.3, 0.4) is 0 Å². The number of furan rings is 1. The predicted octanol–water partition coefficient (Wildman–Crippen LogP) is 2.48. The van der Waals surface area contributed by atoms with E-state index < -0.39 is 0 Å². The molecule has 0 atom stereocenters. The Morgan fingerprint density at radius 1 is 1.38 bits per heavy atom. The summed E-state index contributed by atoms with van der Waals surface area (Å²) in [6, 6.07) is 3.76. The van der Waals surface area contributed by atoms with Gasteiger partial charge in [-0.1, -0.05) is 6.58 Å². The van der Waals surface area contributed by atoms with E-state index in [1.807, 2.05) is 19.1 Å². The van der Waals surface area contributed by atoms with E-state index in [9.17, 15) is 0 Å². The first-order chi connectivity index (χ1) is 6.36. The molecule has 72 valence electrons. The van der Waals surface area contributed by atoms with Crippen LogP contribution in [0.4, 0.5) is 0 Å². The van der Waals surface area contributed by atoms with Crippen molar-refractivity contribution in [2.24, 2.45) is 0 Å². The Morgan fingerprint density at radius 3 is 2.69 bits per heavy atom. The Morgan fingerprint density at radius 2 is 2.08 bits per heavy atom. The third kappa shape index (κ3) is 3.34. The summed E-state index contributed by atoms with van der Waals surface area (Å²) >= 11 is 0. The highest BCUT2D eigenvalue weighted by atomic mass is 16.5. The molecule has 0 aromatic carbocycles. The Labute approximate surface area is 78.0 Å². The number of hydrogen-bond acceptors (Lipinski definition) is 3. The molecule has 1 aromatic heterocycles. The van der Waals surface area contributed by atoms with Crippen LogP contribution in [0.5, 0.6) is 0 Å². The summed E-state index contributed by atoms with van der Waals surface area (Å²) in [5.74, 6) is 1.61. The Bertz CT molecular complexity index is 252. The standard InChI is InChI=1S/C10H14O3/c1-3-11-7-9-5-6-10(13-9)8-12-4-2/h3,5-6H,1,4,7-8H2,2H3. The van der Waals surface area contributed by atoms with E-state index in [0.717, 1.165) is 11.5 Å². The van der Waals surface area contributed by atoms with Crippen molar-refractivity contribution in [3.8, 4) is 0 Å². The Hall–Kier alpha value is -1.22. The zero-order valence-corrected chi connectivity index (χ0v) is 7.79. The fourth-order valence-corrected chi connectivity index (χ4v) is 0.921. The molecule has 1 aromatic rings. The topological polar surface area (TPSA) is 31.6 Å². The minimum Gasteiger partial charge on any atom is -0.494 e. The van der Waals surface area contributed by atoms with Gasteiger partial charge in [-0.15, -0.1) is 0 Å². The minimum absolute atomic E-state index is 0.426. The van der Waals surface area contributed by atoms with Gasteiger partial charge in [-0.3, -0.25) is 0 Å². The van der Waals surface area contributed by atoms with Gasteiger partial charge in [0.25, 0.3) is 0 Å². The van der Waals surface area contributed by atoms with Crippen LogP contribution < -0.4 is 0 Å². The molecule has 0 saturated heterocycles. The maximum Gasteiger partial charge on any atom is 0.145 e. The highest BCUT2D eigenvalue weighted by molar-refractivity contribution is 5.05. The lowest BCUT2D eigenvalue weighted by atomic mass is 10.4. The molecule has 0 fully saturated rings. The molecule has 0 N–H and O–H groups in total. The Kier molecular flexibility index (Phi) is 4.12. The van der Waals surface area contributed by atoms with Crippen LogP contribution in [0, 0.1) is 0 Å². The van der Waals surface area contributed by atoms with Gasteiger partial charge in [-0.25, -0.2) is 0 Å². The average Bonchev–Trinajstić information content (AvgIpc) is 2.59. The summed E-state index contributed by atoms with van der Waals surface area (Å²) in [6.45, 7) is 7.03. The van der Waals surface area contributed by atoms with Gasteiger partial charge < -0.3 is 13.9 Å². The summed E-state index contributed by atoms with van der Waals surface area (Å²) in [4.78, 5) is 0. The Balaban J connectivity index is 2.38. The van der Waals surface area contributed by atoms with Crippen molar-refractivity contribution in [2.75, 3.05) is 6.61 Å². The molecular formula is C10H14O3. The second-order valence-corrected chi connectivity index (χ2v) is 2.48. The molecule has 0 aliphatic heterocycles. The predicted molar refractivity (Wildman–Crippen MR) is 49.0 cm³/mol. The van der Waals surface area contributed by atoms with Crippen molar-refractivity contribution >= 4 is 0 Å². The normalized spacial score (nSPS) is 9.92. The summed E-state index contributed by atoms with van der Waals surface area (Å²) in [5, 5.41) is 0. The molecule has 13 heavy (non-hydrogen) atoms. The second-order valence-electron chi connectivity index (χ2n) is 2.48.